The molecule has 0 unspecified atom stereocenters. The van der Waals surface area contributed by atoms with Crippen molar-refractivity contribution in [1.82, 2.24) is 9.62 Å². The number of aryl methyl sites for hydroxylation is 1. The minimum Gasteiger partial charge on any atom is -0.338 e. The number of benzene rings is 1. The third-order valence-corrected chi connectivity index (χ3v) is 6.34. The molecule has 1 fully saturated rings. The quantitative estimate of drug-likeness (QED) is 0.770. The average molecular weight is 391 g/mol. The minimum atomic E-state index is -3.35. The van der Waals surface area contributed by atoms with Crippen LogP contribution >= 0.6 is 0 Å². The number of hydrogen-bond donors (Lipinski definition) is 1. The lowest BCUT2D eigenvalue weighted by atomic mass is 9.98. The fourth-order valence-electron chi connectivity index (χ4n) is 3.52. The molecule has 7 nitrogen and oxygen atoms in total. The van der Waals surface area contributed by atoms with Crippen LogP contribution in [0.25, 0.3) is 0 Å². The molecular weight excluding hydrogens is 366 g/mol. The van der Waals surface area contributed by atoms with Crippen LogP contribution in [0.1, 0.15) is 35.2 Å². The molecule has 27 heavy (non-hydrogen) atoms. The lowest BCUT2D eigenvalue weighted by Crippen LogP contribution is -2.37. The molecule has 1 N–H and O–H groups in total. The second-order valence-corrected chi connectivity index (χ2v) is 8.78. The van der Waals surface area contributed by atoms with Gasteiger partial charge < -0.3 is 9.80 Å². The van der Waals surface area contributed by atoms with E-state index in [4.69, 9.17) is 0 Å². The van der Waals surface area contributed by atoms with Gasteiger partial charge in [0.2, 0.25) is 15.9 Å². The van der Waals surface area contributed by atoms with Crippen molar-refractivity contribution in [2.75, 3.05) is 36.8 Å². The highest BCUT2D eigenvalue weighted by atomic mass is 32.2. The number of carbonyl (C=O) groups is 2. The third kappa shape index (κ3) is 4.56. The van der Waals surface area contributed by atoms with Crippen LogP contribution in [0.5, 0.6) is 0 Å². The first kappa shape index (κ1) is 19.6. The standard InChI is InChI=1S/C19H25N3O4S/c1-2-18(23)22-11-5-6-15-14-16(7-8-17(15)22)19(24)21-10-4-3-9-20-27(25,26)13-12-21/h2,7-8,14,20H,1,3-6,9-13H2. The van der Waals surface area contributed by atoms with Crippen LogP contribution in [0.3, 0.4) is 0 Å². The summed E-state index contributed by atoms with van der Waals surface area (Å²) < 4.78 is 26.4. The predicted molar refractivity (Wildman–Crippen MR) is 104 cm³/mol. The van der Waals surface area contributed by atoms with Gasteiger partial charge >= 0.3 is 0 Å². The van der Waals surface area contributed by atoms with E-state index in [1.54, 1.807) is 21.9 Å². The number of carbonyl (C=O) groups excluding carboxylic acids is 2. The highest BCUT2D eigenvalue weighted by Crippen LogP contribution is 2.28. The Bertz CT molecular complexity index is 851. The Hall–Kier alpha value is -2.19. The van der Waals surface area contributed by atoms with Crippen molar-refractivity contribution in [2.45, 2.75) is 25.7 Å². The largest absolute Gasteiger partial charge is 0.338 e. The highest BCUT2D eigenvalue weighted by molar-refractivity contribution is 7.89. The SMILES string of the molecule is C=CC(=O)N1CCCc2cc(C(=O)N3CCCCNS(=O)(=O)CC3)ccc21. The van der Waals surface area contributed by atoms with Gasteiger partial charge in [-0.05, 0) is 55.5 Å². The summed E-state index contributed by atoms with van der Waals surface area (Å²) in [6.45, 7) is 5.31. The molecule has 3 rings (SSSR count). The van der Waals surface area contributed by atoms with E-state index in [1.807, 2.05) is 6.07 Å². The van der Waals surface area contributed by atoms with Crippen molar-refractivity contribution >= 4 is 27.5 Å². The highest BCUT2D eigenvalue weighted by Gasteiger charge is 2.24. The molecule has 0 atom stereocenters. The molecule has 0 spiro atoms. The van der Waals surface area contributed by atoms with Gasteiger partial charge in [-0.15, -0.1) is 0 Å². The number of amides is 2. The van der Waals surface area contributed by atoms with E-state index in [0.29, 0.717) is 31.6 Å². The predicted octanol–water partition coefficient (Wildman–Crippen LogP) is 1.31. The Balaban J connectivity index is 1.82. The smallest absolute Gasteiger partial charge is 0.253 e. The molecule has 8 heteroatoms. The molecule has 1 aromatic rings. The Kier molecular flexibility index (Phi) is 5.96. The van der Waals surface area contributed by atoms with Crippen molar-refractivity contribution in [2.24, 2.45) is 0 Å². The van der Waals surface area contributed by atoms with Crippen LogP contribution in [0.15, 0.2) is 30.9 Å². The molecule has 1 aromatic carbocycles. The summed E-state index contributed by atoms with van der Waals surface area (Å²) in [6, 6.07) is 5.35. The fourth-order valence-corrected chi connectivity index (χ4v) is 4.59. The fraction of sp³-hybridized carbons (Fsp3) is 0.474. The van der Waals surface area contributed by atoms with E-state index in [-0.39, 0.29) is 24.1 Å². The lowest BCUT2D eigenvalue weighted by molar-refractivity contribution is -0.114. The number of nitrogens with zero attached hydrogens (tertiary/aromatic N) is 2. The molecule has 2 amide bonds. The molecule has 2 aliphatic rings. The lowest BCUT2D eigenvalue weighted by Gasteiger charge is -2.29. The summed E-state index contributed by atoms with van der Waals surface area (Å²) >= 11 is 0. The molecule has 2 aliphatic heterocycles. The van der Waals surface area contributed by atoms with Crippen LogP contribution < -0.4 is 9.62 Å². The monoisotopic (exact) mass is 391 g/mol. The molecule has 1 saturated heterocycles. The normalized spacial score (nSPS) is 20.0. The Morgan fingerprint density at radius 1 is 1.11 bits per heavy atom. The zero-order chi connectivity index (χ0) is 19.4. The molecule has 0 aliphatic carbocycles. The molecule has 0 saturated carbocycles. The van der Waals surface area contributed by atoms with Gasteiger partial charge in [-0.2, -0.15) is 0 Å². The maximum absolute atomic E-state index is 13.0. The van der Waals surface area contributed by atoms with Crippen LogP contribution in [0, 0.1) is 0 Å². The summed E-state index contributed by atoms with van der Waals surface area (Å²) in [5, 5.41) is 0. The summed E-state index contributed by atoms with van der Waals surface area (Å²) in [6.07, 6.45) is 4.38. The maximum atomic E-state index is 13.0. The maximum Gasteiger partial charge on any atom is 0.253 e. The third-order valence-electron chi connectivity index (χ3n) is 4.98. The summed E-state index contributed by atoms with van der Waals surface area (Å²) in [7, 11) is -3.35. The topological polar surface area (TPSA) is 86.8 Å². The van der Waals surface area contributed by atoms with Gasteiger partial charge in [-0.25, -0.2) is 13.1 Å². The second kappa shape index (κ2) is 8.22. The van der Waals surface area contributed by atoms with E-state index in [0.717, 1.165) is 30.5 Å². The Morgan fingerprint density at radius 3 is 2.70 bits per heavy atom. The van der Waals surface area contributed by atoms with Crippen LogP contribution in [-0.4, -0.2) is 57.1 Å². The molecular formula is C19H25N3O4S. The summed E-state index contributed by atoms with van der Waals surface area (Å²) in [5.41, 5.74) is 2.31. The number of nitrogens with one attached hydrogen (secondary N) is 1. The van der Waals surface area contributed by atoms with Gasteiger partial charge in [0.15, 0.2) is 0 Å². The number of anilines is 1. The van der Waals surface area contributed by atoms with Crippen molar-refractivity contribution in [3.05, 3.63) is 42.0 Å². The van der Waals surface area contributed by atoms with Crippen LogP contribution in [0.2, 0.25) is 0 Å². The minimum absolute atomic E-state index is 0.0920. The molecule has 0 radical (unpaired) electrons. The van der Waals surface area contributed by atoms with Crippen LogP contribution in [-0.2, 0) is 21.2 Å². The van der Waals surface area contributed by atoms with Crippen LogP contribution in [0.4, 0.5) is 5.69 Å². The number of fused-ring (bicyclic) bond motifs is 1. The van der Waals surface area contributed by atoms with Crippen molar-refractivity contribution < 1.29 is 18.0 Å². The Morgan fingerprint density at radius 2 is 1.93 bits per heavy atom. The van der Waals surface area contributed by atoms with E-state index < -0.39 is 10.0 Å². The second-order valence-electron chi connectivity index (χ2n) is 6.85. The zero-order valence-electron chi connectivity index (χ0n) is 15.3. The molecule has 0 aromatic heterocycles. The van der Waals surface area contributed by atoms with Gasteiger partial charge in [0.25, 0.3) is 5.91 Å². The van der Waals surface area contributed by atoms with E-state index >= 15 is 0 Å². The summed E-state index contributed by atoms with van der Waals surface area (Å²) in [5.74, 6) is -0.402. The first-order valence-corrected chi connectivity index (χ1v) is 10.9. The number of rotatable bonds is 2. The zero-order valence-corrected chi connectivity index (χ0v) is 16.1. The van der Waals surface area contributed by atoms with Gasteiger partial charge in [-0.1, -0.05) is 6.58 Å². The average Bonchev–Trinajstić information content (AvgIpc) is 2.76. The number of sulfonamides is 1. The van der Waals surface area contributed by atoms with Crippen molar-refractivity contribution in [3.8, 4) is 0 Å². The molecule has 146 valence electrons. The summed E-state index contributed by atoms with van der Waals surface area (Å²) in [4.78, 5) is 28.3. The first-order chi connectivity index (χ1) is 12.9. The Labute approximate surface area is 160 Å². The van der Waals surface area contributed by atoms with E-state index in [9.17, 15) is 18.0 Å². The number of hydrogen-bond acceptors (Lipinski definition) is 4. The van der Waals surface area contributed by atoms with Gasteiger partial charge in [0, 0.05) is 37.4 Å². The van der Waals surface area contributed by atoms with E-state index in [1.165, 1.54) is 6.08 Å². The van der Waals surface area contributed by atoms with Gasteiger partial charge in [-0.3, -0.25) is 9.59 Å². The van der Waals surface area contributed by atoms with Gasteiger partial charge in [0.1, 0.15) is 0 Å². The molecule has 0 bridgehead atoms. The van der Waals surface area contributed by atoms with Gasteiger partial charge in [0.05, 0.1) is 5.75 Å². The van der Waals surface area contributed by atoms with Crippen molar-refractivity contribution in [1.29, 1.82) is 0 Å². The van der Waals surface area contributed by atoms with E-state index in [2.05, 4.69) is 11.3 Å². The van der Waals surface area contributed by atoms with Crippen molar-refractivity contribution in [3.63, 3.8) is 0 Å². The first-order valence-electron chi connectivity index (χ1n) is 9.25. The molecule has 2 heterocycles.